The summed E-state index contributed by atoms with van der Waals surface area (Å²) in [7, 11) is 0. The first-order valence-corrected chi connectivity index (χ1v) is 6.55. The molecule has 3 heteroatoms. The topological polar surface area (TPSA) is 21.3 Å². The first-order chi connectivity index (χ1) is 9.28. The third-order valence-electron chi connectivity index (χ3n) is 3.47. The van der Waals surface area contributed by atoms with Crippen molar-refractivity contribution in [2.45, 2.75) is 25.5 Å². The molecule has 0 saturated carbocycles. The van der Waals surface area contributed by atoms with Gasteiger partial charge < -0.3 is 10.1 Å². The van der Waals surface area contributed by atoms with Gasteiger partial charge in [0, 0.05) is 6.07 Å². The molecule has 1 aliphatic heterocycles. The van der Waals surface area contributed by atoms with Gasteiger partial charge in [0.2, 0.25) is 0 Å². The second kappa shape index (κ2) is 4.92. The minimum Gasteiger partial charge on any atom is -0.481 e. The Kier molecular flexibility index (Phi) is 3.11. The number of fused-ring (bicyclic) bond motifs is 1. The molecule has 2 aromatic rings. The summed E-state index contributed by atoms with van der Waals surface area (Å²) >= 11 is 0. The van der Waals surface area contributed by atoms with Gasteiger partial charge in [-0.2, -0.15) is 0 Å². The minimum atomic E-state index is -0.247. The van der Waals surface area contributed by atoms with E-state index in [0.717, 1.165) is 17.7 Å². The van der Waals surface area contributed by atoms with Crippen molar-refractivity contribution in [3.8, 4) is 5.75 Å². The molecule has 0 amide bonds. The van der Waals surface area contributed by atoms with Crippen molar-refractivity contribution in [1.29, 1.82) is 0 Å². The zero-order chi connectivity index (χ0) is 13.2. The summed E-state index contributed by atoms with van der Waals surface area (Å²) in [5, 5.41) is 3.37. The van der Waals surface area contributed by atoms with Gasteiger partial charge in [0.05, 0.1) is 11.7 Å². The summed E-state index contributed by atoms with van der Waals surface area (Å²) < 4.78 is 19.3. The Morgan fingerprint density at radius 1 is 1.16 bits per heavy atom. The molecule has 2 nitrogen and oxygen atoms in total. The second-order valence-electron chi connectivity index (χ2n) is 4.75. The van der Waals surface area contributed by atoms with Crippen LogP contribution >= 0.6 is 0 Å². The first kappa shape index (κ1) is 12.0. The molecule has 0 aromatic heterocycles. The summed E-state index contributed by atoms with van der Waals surface area (Å²) in [6.45, 7) is 2.10. The molecule has 1 N–H and O–H groups in total. The number of rotatable bonds is 2. The Hall–Kier alpha value is -2.03. The van der Waals surface area contributed by atoms with E-state index in [2.05, 4.69) is 24.4 Å². The molecule has 3 rings (SSSR count). The lowest BCUT2D eigenvalue weighted by Gasteiger charge is -2.35. The molecule has 0 saturated heterocycles. The highest BCUT2D eigenvalue weighted by atomic mass is 19.1. The smallest absolute Gasteiger partial charge is 0.144 e. The van der Waals surface area contributed by atoms with Crippen LogP contribution in [0.1, 0.15) is 25.0 Å². The van der Waals surface area contributed by atoms with Crippen molar-refractivity contribution in [2.24, 2.45) is 0 Å². The number of hydrogen-bond acceptors (Lipinski definition) is 2. The van der Waals surface area contributed by atoms with Crippen LogP contribution < -0.4 is 10.1 Å². The summed E-state index contributed by atoms with van der Waals surface area (Å²) in [5.74, 6) is 0.461. The molecule has 2 aromatic carbocycles. The van der Waals surface area contributed by atoms with Gasteiger partial charge >= 0.3 is 0 Å². The monoisotopic (exact) mass is 257 g/mol. The maximum Gasteiger partial charge on any atom is 0.144 e. The van der Waals surface area contributed by atoms with Crippen molar-refractivity contribution in [2.75, 3.05) is 5.32 Å². The van der Waals surface area contributed by atoms with Crippen LogP contribution in [0.5, 0.6) is 5.75 Å². The Bertz CT molecular complexity index is 570. The minimum absolute atomic E-state index is 0.0378. The van der Waals surface area contributed by atoms with Gasteiger partial charge in [-0.3, -0.25) is 0 Å². The lowest BCUT2D eigenvalue weighted by molar-refractivity contribution is 0.168. The number of hydrogen-bond donors (Lipinski definition) is 1. The number of benzene rings is 2. The van der Waals surface area contributed by atoms with Crippen molar-refractivity contribution in [3.63, 3.8) is 0 Å². The highest BCUT2D eigenvalue weighted by Gasteiger charge is 2.29. The molecule has 2 atom stereocenters. The van der Waals surface area contributed by atoms with Gasteiger partial charge in [0.1, 0.15) is 17.7 Å². The molecule has 19 heavy (non-hydrogen) atoms. The molecule has 0 fully saturated rings. The Morgan fingerprint density at radius 2 is 1.95 bits per heavy atom. The van der Waals surface area contributed by atoms with E-state index in [9.17, 15) is 4.39 Å². The quantitative estimate of drug-likeness (QED) is 0.872. The highest BCUT2D eigenvalue weighted by Crippen LogP contribution is 2.38. The lowest BCUT2D eigenvalue weighted by atomic mass is 9.98. The summed E-state index contributed by atoms with van der Waals surface area (Å²) in [5.41, 5.74) is 1.87. The predicted octanol–water partition coefficient (Wildman–Crippen LogP) is 4.15. The van der Waals surface area contributed by atoms with Crippen LogP contribution in [0, 0.1) is 5.82 Å². The van der Waals surface area contributed by atoms with Gasteiger partial charge in [-0.15, -0.1) is 0 Å². The van der Waals surface area contributed by atoms with Crippen LogP contribution in [0.25, 0.3) is 0 Å². The van der Waals surface area contributed by atoms with Crippen molar-refractivity contribution in [3.05, 3.63) is 59.9 Å². The van der Waals surface area contributed by atoms with E-state index in [4.69, 9.17) is 4.74 Å². The van der Waals surface area contributed by atoms with Crippen LogP contribution in [-0.4, -0.2) is 6.04 Å². The molecule has 0 spiro atoms. The van der Waals surface area contributed by atoms with Crippen molar-refractivity contribution in [1.82, 2.24) is 0 Å². The van der Waals surface area contributed by atoms with Crippen LogP contribution in [0.3, 0.4) is 0 Å². The number of halogens is 1. The molecule has 1 heterocycles. The molecular weight excluding hydrogens is 241 g/mol. The predicted molar refractivity (Wildman–Crippen MR) is 73.9 cm³/mol. The third-order valence-corrected chi connectivity index (χ3v) is 3.47. The average Bonchev–Trinajstić information content (AvgIpc) is 2.46. The summed E-state index contributed by atoms with van der Waals surface area (Å²) in [6.07, 6.45) is 0.874. The Morgan fingerprint density at radius 3 is 2.68 bits per heavy atom. The zero-order valence-electron chi connectivity index (χ0n) is 10.8. The van der Waals surface area contributed by atoms with Crippen LogP contribution in [0.15, 0.2) is 48.5 Å². The molecule has 2 unspecified atom stereocenters. The highest BCUT2D eigenvalue weighted by molar-refractivity contribution is 5.59. The number of ether oxygens (including phenoxy) is 1. The number of nitrogens with one attached hydrogen (secondary N) is 1. The fourth-order valence-electron chi connectivity index (χ4n) is 2.47. The maximum absolute atomic E-state index is 13.3. The van der Waals surface area contributed by atoms with E-state index in [1.165, 1.54) is 12.1 Å². The normalized spacial score (nSPS) is 21.2. The van der Waals surface area contributed by atoms with Gasteiger partial charge in [0.15, 0.2) is 0 Å². The fourth-order valence-corrected chi connectivity index (χ4v) is 2.47. The summed E-state index contributed by atoms with van der Waals surface area (Å²) in [4.78, 5) is 0. The Labute approximate surface area is 112 Å². The largest absolute Gasteiger partial charge is 0.481 e. The zero-order valence-corrected chi connectivity index (χ0v) is 10.8. The SMILES string of the molecule is CCC1Nc2cc(F)ccc2OC1c1ccccc1. The third kappa shape index (κ3) is 2.28. The van der Waals surface area contributed by atoms with Gasteiger partial charge in [-0.05, 0) is 24.1 Å². The van der Waals surface area contributed by atoms with Crippen molar-refractivity contribution >= 4 is 5.69 Å². The average molecular weight is 257 g/mol. The lowest BCUT2D eigenvalue weighted by Crippen LogP contribution is -2.34. The van der Waals surface area contributed by atoms with E-state index in [-0.39, 0.29) is 18.0 Å². The van der Waals surface area contributed by atoms with Gasteiger partial charge in [-0.25, -0.2) is 4.39 Å². The van der Waals surface area contributed by atoms with Crippen molar-refractivity contribution < 1.29 is 9.13 Å². The summed E-state index contributed by atoms with van der Waals surface area (Å²) in [6, 6.07) is 14.9. The molecule has 0 radical (unpaired) electrons. The molecule has 1 aliphatic rings. The molecule has 0 bridgehead atoms. The van der Waals surface area contributed by atoms with Gasteiger partial charge in [-0.1, -0.05) is 37.3 Å². The standard InChI is InChI=1S/C16H16FNO/c1-2-13-16(11-6-4-3-5-7-11)19-15-9-8-12(17)10-14(15)18-13/h3-10,13,16,18H,2H2,1H3. The molecule has 0 aliphatic carbocycles. The maximum atomic E-state index is 13.3. The number of anilines is 1. The van der Waals surface area contributed by atoms with E-state index in [1.807, 2.05) is 18.2 Å². The van der Waals surface area contributed by atoms with Gasteiger partial charge in [0.25, 0.3) is 0 Å². The Balaban J connectivity index is 1.96. The van der Waals surface area contributed by atoms with Crippen LogP contribution in [0.4, 0.5) is 10.1 Å². The van der Waals surface area contributed by atoms with Crippen LogP contribution in [0.2, 0.25) is 0 Å². The van der Waals surface area contributed by atoms with E-state index < -0.39 is 0 Å². The first-order valence-electron chi connectivity index (χ1n) is 6.55. The van der Waals surface area contributed by atoms with Crippen LogP contribution in [-0.2, 0) is 0 Å². The van der Waals surface area contributed by atoms with E-state index in [1.54, 1.807) is 6.07 Å². The second-order valence-corrected chi connectivity index (χ2v) is 4.75. The van der Waals surface area contributed by atoms with E-state index in [0.29, 0.717) is 5.75 Å². The molecule has 98 valence electrons. The fraction of sp³-hybridized carbons (Fsp3) is 0.250. The van der Waals surface area contributed by atoms with E-state index >= 15 is 0 Å². The molecular formula is C16H16FNO.